The van der Waals surface area contributed by atoms with Crippen LogP contribution in [0.2, 0.25) is 0 Å². The number of fused-ring (bicyclic) bond motifs is 1. The third kappa shape index (κ3) is 4.63. The summed E-state index contributed by atoms with van der Waals surface area (Å²) in [5.41, 5.74) is 2.80. The predicted molar refractivity (Wildman–Crippen MR) is 129 cm³/mol. The topological polar surface area (TPSA) is 69.3 Å². The second kappa shape index (κ2) is 9.80. The number of hydrogen-bond acceptors (Lipinski definition) is 4. The molecular formula is C27H36N4O2. The summed E-state index contributed by atoms with van der Waals surface area (Å²) in [6.45, 7) is 4.41. The molecule has 1 aromatic heterocycles. The van der Waals surface area contributed by atoms with E-state index in [1.54, 1.807) is 0 Å². The summed E-state index contributed by atoms with van der Waals surface area (Å²) in [5, 5.41) is 0. The van der Waals surface area contributed by atoms with Crippen LogP contribution in [0.1, 0.15) is 92.9 Å². The minimum absolute atomic E-state index is 0.00706. The van der Waals surface area contributed by atoms with Crippen molar-refractivity contribution in [2.75, 3.05) is 13.1 Å². The molecule has 2 atom stereocenters. The second-order valence-corrected chi connectivity index (χ2v) is 10.1. The molecule has 1 saturated heterocycles. The first-order valence-corrected chi connectivity index (χ1v) is 12.8. The number of carbonyl (C=O) groups excluding carboxylic acids is 1. The number of hydrogen-bond donors (Lipinski definition) is 1. The van der Waals surface area contributed by atoms with Gasteiger partial charge in [-0.25, -0.2) is 4.98 Å². The Kier molecular flexibility index (Phi) is 6.63. The summed E-state index contributed by atoms with van der Waals surface area (Å²) in [6, 6.07) is 10.4. The minimum atomic E-state index is -0.210. The molecule has 6 heteroatoms. The number of likely N-dealkylation sites (tertiary alicyclic amines) is 1. The van der Waals surface area contributed by atoms with Crippen LogP contribution in [0.4, 0.5) is 0 Å². The van der Waals surface area contributed by atoms with E-state index in [2.05, 4.69) is 9.88 Å². The van der Waals surface area contributed by atoms with Crippen molar-refractivity contribution >= 4 is 5.91 Å². The summed E-state index contributed by atoms with van der Waals surface area (Å²) < 4.78 is 0. The van der Waals surface area contributed by atoms with Crippen molar-refractivity contribution in [1.29, 1.82) is 0 Å². The maximum Gasteiger partial charge on any atom is 0.254 e. The van der Waals surface area contributed by atoms with E-state index in [1.165, 1.54) is 32.1 Å². The number of amides is 1. The monoisotopic (exact) mass is 448 g/mol. The Morgan fingerprint density at radius 3 is 2.58 bits per heavy atom. The lowest BCUT2D eigenvalue weighted by Crippen LogP contribution is -2.44. The summed E-state index contributed by atoms with van der Waals surface area (Å²) in [5.74, 6) is 0.589. The van der Waals surface area contributed by atoms with Gasteiger partial charge in [0.05, 0.1) is 17.7 Å². The molecule has 3 heterocycles. The minimum Gasteiger partial charge on any atom is -0.332 e. The van der Waals surface area contributed by atoms with Crippen LogP contribution in [0.25, 0.3) is 0 Å². The summed E-state index contributed by atoms with van der Waals surface area (Å²) in [4.78, 5) is 39.1. The summed E-state index contributed by atoms with van der Waals surface area (Å²) >= 11 is 0. The standard InChI is InChI=1S/C27H36N4O2/c1-19(20-10-4-2-5-11-20)27(33)31-16-9-8-14-24(31)25-28-23-18-30(21-12-6-3-7-13-21)17-15-22(23)26(32)29-25/h2,4-5,10-11,19,21,24H,3,6-9,12-18H2,1H3,(H,28,29,32)/t19-,24+/m1/s1. The van der Waals surface area contributed by atoms with E-state index in [-0.39, 0.29) is 23.4 Å². The largest absolute Gasteiger partial charge is 0.332 e. The van der Waals surface area contributed by atoms with Crippen molar-refractivity contribution in [2.24, 2.45) is 0 Å². The maximum atomic E-state index is 13.5. The van der Waals surface area contributed by atoms with Gasteiger partial charge in [0, 0.05) is 31.2 Å². The zero-order chi connectivity index (χ0) is 22.8. The van der Waals surface area contributed by atoms with Gasteiger partial charge >= 0.3 is 0 Å². The zero-order valence-corrected chi connectivity index (χ0v) is 19.8. The van der Waals surface area contributed by atoms with E-state index in [4.69, 9.17) is 4.98 Å². The van der Waals surface area contributed by atoms with Gasteiger partial charge in [0.25, 0.3) is 5.56 Å². The Balaban J connectivity index is 1.40. The van der Waals surface area contributed by atoms with Gasteiger partial charge in [0.15, 0.2) is 0 Å². The molecule has 2 aromatic rings. The Morgan fingerprint density at radius 2 is 1.79 bits per heavy atom. The van der Waals surface area contributed by atoms with E-state index < -0.39 is 0 Å². The molecule has 1 saturated carbocycles. The van der Waals surface area contributed by atoms with Crippen molar-refractivity contribution in [3.63, 3.8) is 0 Å². The molecule has 3 aliphatic rings. The lowest BCUT2D eigenvalue weighted by Gasteiger charge is -2.38. The highest BCUT2D eigenvalue weighted by Crippen LogP contribution is 2.33. The number of aromatic amines is 1. The number of carbonyl (C=O) groups is 1. The molecule has 1 amide bonds. The van der Waals surface area contributed by atoms with Crippen LogP contribution in [0.3, 0.4) is 0 Å². The zero-order valence-electron chi connectivity index (χ0n) is 19.8. The van der Waals surface area contributed by atoms with Gasteiger partial charge in [-0.15, -0.1) is 0 Å². The highest BCUT2D eigenvalue weighted by atomic mass is 16.2. The Morgan fingerprint density at radius 1 is 1.03 bits per heavy atom. The number of aromatic nitrogens is 2. The lowest BCUT2D eigenvalue weighted by molar-refractivity contribution is -0.136. The van der Waals surface area contributed by atoms with Gasteiger partial charge in [0.2, 0.25) is 5.91 Å². The van der Waals surface area contributed by atoms with Gasteiger partial charge in [-0.3, -0.25) is 14.5 Å². The first-order chi connectivity index (χ1) is 16.1. The number of nitrogens with one attached hydrogen (secondary N) is 1. The molecule has 33 heavy (non-hydrogen) atoms. The molecular weight excluding hydrogens is 412 g/mol. The fraction of sp³-hybridized carbons (Fsp3) is 0.593. The van der Waals surface area contributed by atoms with Crippen molar-refractivity contribution < 1.29 is 4.79 Å². The molecule has 1 N–H and O–H groups in total. The van der Waals surface area contributed by atoms with E-state index in [0.717, 1.165) is 62.1 Å². The molecule has 1 aliphatic carbocycles. The van der Waals surface area contributed by atoms with Crippen LogP contribution in [-0.2, 0) is 17.8 Å². The van der Waals surface area contributed by atoms with E-state index in [1.807, 2.05) is 42.2 Å². The van der Waals surface area contributed by atoms with Crippen molar-refractivity contribution in [3.8, 4) is 0 Å². The van der Waals surface area contributed by atoms with Gasteiger partial charge < -0.3 is 9.88 Å². The highest BCUT2D eigenvalue weighted by Gasteiger charge is 2.34. The average Bonchev–Trinajstić information content (AvgIpc) is 2.88. The Labute approximate surface area is 196 Å². The van der Waals surface area contributed by atoms with E-state index >= 15 is 0 Å². The van der Waals surface area contributed by atoms with E-state index in [9.17, 15) is 9.59 Å². The summed E-state index contributed by atoms with van der Waals surface area (Å²) in [6.07, 6.45) is 10.1. The molecule has 176 valence electrons. The average molecular weight is 449 g/mol. The second-order valence-electron chi connectivity index (χ2n) is 10.1. The van der Waals surface area contributed by atoms with Crippen LogP contribution in [-0.4, -0.2) is 44.8 Å². The number of H-pyrrole nitrogens is 1. The normalized spacial score (nSPS) is 23.2. The van der Waals surface area contributed by atoms with Gasteiger partial charge in [0.1, 0.15) is 5.82 Å². The van der Waals surface area contributed by atoms with Crippen molar-refractivity contribution in [1.82, 2.24) is 19.8 Å². The summed E-state index contributed by atoms with van der Waals surface area (Å²) in [7, 11) is 0. The van der Waals surface area contributed by atoms with Crippen LogP contribution < -0.4 is 5.56 Å². The van der Waals surface area contributed by atoms with Crippen molar-refractivity contribution in [2.45, 2.75) is 89.3 Å². The Hall–Kier alpha value is -2.47. The first-order valence-electron chi connectivity index (χ1n) is 12.8. The molecule has 2 aliphatic heterocycles. The first kappa shape index (κ1) is 22.3. The molecule has 0 spiro atoms. The van der Waals surface area contributed by atoms with Crippen LogP contribution >= 0.6 is 0 Å². The van der Waals surface area contributed by atoms with E-state index in [0.29, 0.717) is 11.9 Å². The lowest BCUT2D eigenvalue weighted by atomic mass is 9.92. The number of nitrogens with zero attached hydrogens (tertiary/aromatic N) is 3. The molecule has 0 unspecified atom stereocenters. The fourth-order valence-corrected chi connectivity index (χ4v) is 6.01. The fourth-order valence-electron chi connectivity index (χ4n) is 6.01. The molecule has 1 aromatic carbocycles. The maximum absolute atomic E-state index is 13.5. The predicted octanol–water partition coefficient (Wildman–Crippen LogP) is 4.32. The smallest absolute Gasteiger partial charge is 0.254 e. The van der Waals surface area contributed by atoms with Crippen LogP contribution in [0.15, 0.2) is 35.1 Å². The van der Waals surface area contributed by atoms with Gasteiger partial charge in [-0.1, -0.05) is 49.6 Å². The highest BCUT2D eigenvalue weighted by molar-refractivity contribution is 5.83. The van der Waals surface area contributed by atoms with Gasteiger partial charge in [-0.05, 0) is 51.0 Å². The number of benzene rings is 1. The molecule has 2 fully saturated rings. The van der Waals surface area contributed by atoms with Crippen LogP contribution in [0, 0.1) is 0 Å². The quantitative estimate of drug-likeness (QED) is 0.756. The SMILES string of the molecule is C[C@@H](C(=O)N1CCCC[C@H]1c1nc2c(c(=O)[nH]1)CCN(C1CCCCC1)C2)c1ccccc1. The third-order valence-electron chi connectivity index (χ3n) is 7.98. The number of rotatable bonds is 4. The molecule has 0 bridgehead atoms. The third-order valence-corrected chi connectivity index (χ3v) is 7.98. The van der Waals surface area contributed by atoms with Crippen LogP contribution in [0.5, 0.6) is 0 Å². The Bertz CT molecular complexity index is 1030. The molecule has 5 rings (SSSR count). The van der Waals surface area contributed by atoms with Crippen molar-refractivity contribution in [3.05, 3.63) is 63.3 Å². The molecule has 6 nitrogen and oxygen atoms in total. The molecule has 0 radical (unpaired) electrons. The van der Waals surface area contributed by atoms with Gasteiger partial charge in [-0.2, -0.15) is 0 Å². The number of piperidine rings is 1.